The number of aliphatic hydroxyl groups is 2. The van der Waals surface area contributed by atoms with E-state index in [1.165, 1.54) is 63.1 Å². The third-order valence-electron chi connectivity index (χ3n) is 6.49. The smallest absolute Gasteiger partial charge is 0.213 e. The Balaban J connectivity index is 1.11. The van der Waals surface area contributed by atoms with Crippen LogP contribution in [0.15, 0.2) is 54.7 Å². The van der Waals surface area contributed by atoms with Crippen LogP contribution >= 0.6 is 11.3 Å². The molecule has 35 heavy (non-hydrogen) atoms. The third-order valence-corrected chi connectivity index (χ3v) is 7.46. The zero-order valence-corrected chi connectivity index (χ0v) is 20.7. The van der Waals surface area contributed by atoms with Gasteiger partial charge in [-0.05, 0) is 76.0 Å². The number of hydrogen-bond acceptors (Lipinski definition) is 7. The largest absolute Gasteiger partial charge is 0.494 e. The van der Waals surface area contributed by atoms with Crippen molar-refractivity contribution < 1.29 is 14.9 Å². The van der Waals surface area contributed by atoms with Gasteiger partial charge in [0.1, 0.15) is 10.8 Å². The maximum Gasteiger partial charge on any atom is 0.213 e. The van der Waals surface area contributed by atoms with E-state index in [-0.39, 0.29) is 0 Å². The van der Waals surface area contributed by atoms with Crippen LogP contribution in [0, 0.1) is 0 Å². The highest BCUT2D eigenvalue weighted by Crippen LogP contribution is 2.29. The molecule has 2 N–H and O–H groups in total. The molecule has 0 saturated carbocycles. The molecule has 2 aromatic carbocycles. The molecule has 7 nitrogen and oxygen atoms in total. The first-order valence-corrected chi connectivity index (χ1v) is 13.3. The van der Waals surface area contributed by atoms with E-state index < -0.39 is 6.29 Å². The standard InChI is InChI=1S/C27H32N4O3S/c32-26(33)22-9-7-20(8-10-22)24-19-31-27(28-24)35-25(29-31)21-11-13-23(14-12-21)34-18-6-2-5-17-30-15-3-1-4-16-30/h7-14,19,26,32-33H,1-6,15-18H2. The molecular formula is C27H32N4O3S. The highest BCUT2D eigenvalue weighted by molar-refractivity contribution is 7.19. The molecule has 8 heteroatoms. The Bertz CT molecular complexity index is 1180. The maximum atomic E-state index is 9.26. The highest BCUT2D eigenvalue weighted by atomic mass is 32.1. The van der Waals surface area contributed by atoms with Gasteiger partial charge in [0.15, 0.2) is 6.29 Å². The average Bonchev–Trinajstić information content (AvgIpc) is 3.47. The Hall–Kier alpha value is -2.78. The summed E-state index contributed by atoms with van der Waals surface area (Å²) in [5, 5.41) is 24.1. The Morgan fingerprint density at radius 2 is 1.63 bits per heavy atom. The van der Waals surface area contributed by atoms with E-state index in [1.54, 1.807) is 16.6 Å². The molecule has 0 amide bonds. The minimum atomic E-state index is -1.47. The average molecular weight is 493 g/mol. The number of rotatable bonds is 10. The van der Waals surface area contributed by atoms with Gasteiger partial charge >= 0.3 is 0 Å². The number of nitrogens with zero attached hydrogens (tertiary/aromatic N) is 4. The molecule has 3 heterocycles. The van der Waals surface area contributed by atoms with Gasteiger partial charge in [0.05, 0.1) is 18.5 Å². The molecular weight excluding hydrogens is 460 g/mol. The minimum Gasteiger partial charge on any atom is -0.494 e. The lowest BCUT2D eigenvalue weighted by molar-refractivity contribution is -0.0424. The fraction of sp³-hybridized carbons (Fsp3) is 0.407. The van der Waals surface area contributed by atoms with Crippen molar-refractivity contribution in [3.05, 3.63) is 60.3 Å². The summed E-state index contributed by atoms with van der Waals surface area (Å²) in [4.78, 5) is 8.09. The summed E-state index contributed by atoms with van der Waals surface area (Å²) in [7, 11) is 0. The number of hydrogen-bond donors (Lipinski definition) is 2. The van der Waals surface area contributed by atoms with Gasteiger partial charge in [0.2, 0.25) is 4.96 Å². The zero-order chi connectivity index (χ0) is 24.0. The van der Waals surface area contributed by atoms with E-state index in [1.807, 2.05) is 42.6 Å². The van der Waals surface area contributed by atoms with Crippen LogP contribution < -0.4 is 4.74 Å². The first kappa shape index (κ1) is 23.9. The monoisotopic (exact) mass is 492 g/mol. The molecule has 0 spiro atoms. The summed E-state index contributed by atoms with van der Waals surface area (Å²) in [6, 6.07) is 15.1. The molecule has 1 aliphatic rings. The van der Waals surface area contributed by atoms with E-state index in [4.69, 9.17) is 4.74 Å². The fourth-order valence-electron chi connectivity index (χ4n) is 4.46. The van der Waals surface area contributed by atoms with E-state index in [2.05, 4.69) is 15.0 Å². The van der Waals surface area contributed by atoms with Gasteiger partial charge in [-0.3, -0.25) is 0 Å². The number of aliphatic hydroxyl groups excluding tert-OH is 1. The van der Waals surface area contributed by atoms with Crippen LogP contribution in [0.2, 0.25) is 0 Å². The number of imidazole rings is 1. The lowest BCUT2D eigenvalue weighted by atomic mass is 10.1. The van der Waals surface area contributed by atoms with Gasteiger partial charge in [-0.1, -0.05) is 42.0 Å². The van der Waals surface area contributed by atoms with Gasteiger partial charge in [0.25, 0.3) is 0 Å². The van der Waals surface area contributed by atoms with Crippen LogP contribution in [-0.4, -0.2) is 56.0 Å². The summed E-state index contributed by atoms with van der Waals surface area (Å²) in [6.45, 7) is 4.54. The second-order valence-corrected chi connectivity index (χ2v) is 10.0. The van der Waals surface area contributed by atoms with Crippen molar-refractivity contribution in [2.45, 2.75) is 44.8 Å². The Labute approximate surface area is 209 Å². The van der Waals surface area contributed by atoms with Gasteiger partial charge in [0, 0.05) is 16.7 Å². The second-order valence-electron chi connectivity index (χ2n) is 9.09. The molecule has 0 aliphatic carbocycles. The van der Waals surface area contributed by atoms with Gasteiger partial charge in [-0.25, -0.2) is 9.50 Å². The number of fused-ring (bicyclic) bond motifs is 1. The van der Waals surface area contributed by atoms with Gasteiger partial charge < -0.3 is 19.8 Å². The zero-order valence-electron chi connectivity index (χ0n) is 19.8. The van der Waals surface area contributed by atoms with Crippen LogP contribution in [0.5, 0.6) is 5.75 Å². The molecule has 1 aliphatic heterocycles. The van der Waals surface area contributed by atoms with Crippen LogP contribution in [-0.2, 0) is 0 Å². The molecule has 0 atom stereocenters. The van der Waals surface area contributed by atoms with E-state index in [0.717, 1.165) is 45.6 Å². The van der Waals surface area contributed by atoms with Crippen molar-refractivity contribution in [1.82, 2.24) is 19.5 Å². The second kappa shape index (κ2) is 11.3. The molecule has 1 saturated heterocycles. The highest BCUT2D eigenvalue weighted by Gasteiger charge is 2.12. The van der Waals surface area contributed by atoms with E-state index in [9.17, 15) is 10.2 Å². The Morgan fingerprint density at radius 1 is 0.886 bits per heavy atom. The molecule has 0 unspecified atom stereocenters. The first-order chi connectivity index (χ1) is 17.2. The van der Waals surface area contributed by atoms with Gasteiger partial charge in [-0.2, -0.15) is 5.10 Å². The lowest BCUT2D eigenvalue weighted by Gasteiger charge is -2.26. The number of likely N-dealkylation sites (tertiary alicyclic amines) is 1. The molecule has 2 aromatic heterocycles. The van der Waals surface area contributed by atoms with E-state index >= 15 is 0 Å². The van der Waals surface area contributed by atoms with Crippen LogP contribution in [0.1, 0.15) is 50.4 Å². The van der Waals surface area contributed by atoms with Crippen molar-refractivity contribution in [2.75, 3.05) is 26.2 Å². The predicted molar refractivity (Wildman–Crippen MR) is 139 cm³/mol. The van der Waals surface area contributed by atoms with E-state index in [0.29, 0.717) is 5.56 Å². The molecule has 0 bridgehead atoms. The quantitative estimate of drug-likeness (QED) is 0.236. The predicted octanol–water partition coefficient (Wildman–Crippen LogP) is 5.14. The first-order valence-electron chi connectivity index (χ1n) is 12.4. The number of piperidine rings is 1. The number of aromatic nitrogens is 3. The summed E-state index contributed by atoms with van der Waals surface area (Å²) >= 11 is 1.53. The topological polar surface area (TPSA) is 83.1 Å². The van der Waals surface area contributed by atoms with Crippen molar-refractivity contribution in [3.63, 3.8) is 0 Å². The van der Waals surface area contributed by atoms with Gasteiger partial charge in [-0.15, -0.1) is 0 Å². The Morgan fingerprint density at radius 3 is 2.34 bits per heavy atom. The summed E-state index contributed by atoms with van der Waals surface area (Å²) in [5.41, 5.74) is 3.20. The Kier molecular flexibility index (Phi) is 7.73. The SMILES string of the molecule is OC(O)c1ccc(-c2cn3nc(-c4ccc(OCCCCCN5CCCCC5)cc4)sc3n2)cc1. The summed E-state index contributed by atoms with van der Waals surface area (Å²) in [6.07, 6.45) is 8.10. The van der Waals surface area contributed by atoms with Crippen molar-refractivity contribution >= 4 is 16.3 Å². The molecule has 184 valence electrons. The van der Waals surface area contributed by atoms with Crippen molar-refractivity contribution in [3.8, 4) is 27.6 Å². The third kappa shape index (κ3) is 6.08. The van der Waals surface area contributed by atoms with Crippen molar-refractivity contribution in [2.24, 2.45) is 0 Å². The summed E-state index contributed by atoms with van der Waals surface area (Å²) < 4.78 is 7.73. The maximum absolute atomic E-state index is 9.26. The van der Waals surface area contributed by atoms with Crippen LogP contribution in [0.3, 0.4) is 0 Å². The molecule has 5 rings (SSSR count). The lowest BCUT2D eigenvalue weighted by Crippen LogP contribution is -2.30. The molecule has 1 fully saturated rings. The number of unbranched alkanes of at least 4 members (excludes halogenated alkanes) is 2. The van der Waals surface area contributed by atoms with Crippen molar-refractivity contribution in [1.29, 1.82) is 0 Å². The molecule has 0 radical (unpaired) electrons. The fourth-order valence-corrected chi connectivity index (χ4v) is 5.35. The summed E-state index contributed by atoms with van der Waals surface area (Å²) in [5.74, 6) is 0.893. The molecule has 4 aromatic rings. The minimum absolute atomic E-state index is 0.454. The normalized spacial score (nSPS) is 14.7. The number of benzene rings is 2. The van der Waals surface area contributed by atoms with Crippen LogP contribution in [0.4, 0.5) is 0 Å². The van der Waals surface area contributed by atoms with Crippen LogP contribution in [0.25, 0.3) is 26.8 Å². The number of ether oxygens (including phenoxy) is 1.